The molecular weight excluding hydrogens is 575 g/mol. The van der Waals surface area contributed by atoms with Crippen molar-refractivity contribution in [3.8, 4) is 22.4 Å². The summed E-state index contributed by atoms with van der Waals surface area (Å²) in [5, 5.41) is 4.84. The van der Waals surface area contributed by atoms with Crippen LogP contribution in [-0.4, -0.2) is 30.1 Å². The van der Waals surface area contributed by atoms with E-state index in [4.69, 9.17) is 28.2 Å². The summed E-state index contributed by atoms with van der Waals surface area (Å²) in [4.78, 5) is 19.9. The molecule has 0 amide bonds. The molecule has 0 fully saturated rings. The van der Waals surface area contributed by atoms with Crippen molar-refractivity contribution in [3.05, 3.63) is 107 Å². The number of nitrogens with one attached hydrogen (secondary N) is 2. The van der Waals surface area contributed by atoms with Crippen LogP contribution in [-0.2, 0) is 9.53 Å². The molecule has 0 radical (unpaired) electrons. The van der Waals surface area contributed by atoms with Gasteiger partial charge in [0.05, 0.1) is 11.7 Å². The number of guanidine groups is 1. The Morgan fingerprint density at radius 1 is 0.951 bits per heavy atom. The first-order valence-electron chi connectivity index (χ1n) is 12.9. The summed E-state index contributed by atoms with van der Waals surface area (Å²) in [6.07, 6.45) is 1.90. The molecule has 1 heterocycles. The van der Waals surface area contributed by atoms with Crippen LogP contribution in [0.5, 0.6) is 0 Å². The molecule has 1 aromatic heterocycles. The summed E-state index contributed by atoms with van der Waals surface area (Å²) in [7, 11) is 1.76. The number of pyridine rings is 1. The smallest absolute Gasteiger partial charge is 0.293 e. The van der Waals surface area contributed by atoms with E-state index in [-0.39, 0.29) is 11.6 Å². The number of nitrogens with zero attached hydrogens (tertiary/aromatic N) is 2. The first-order valence-corrected chi connectivity index (χ1v) is 14.5. The molecular formula is C32H34Cl2N4O2S. The van der Waals surface area contributed by atoms with E-state index in [1.54, 1.807) is 7.05 Å². The molecule has 0 bridgehead atoms. The molecule has 3 aromatic carbocycles. The predicted octanol–water partition coefficient (Wildman–Crippen LogP) is 8.61. The van der Waals surface area contributed by atoms with Crippen molar-refractivity contribution in [2.75, 3.05) is 7.05 Å². The number of carbonyl (C=O) groups excluding carboxylic acids is 1. The molecule has 9 heteroatoms. The highest BCUT2D eigenvalue weighted by Gasteiger charge is 2.15. The number of aliphatic imine (C=N–C) groups is 1. The number of hydrogen-bond acceptors (Lipinski definition) is 5. The van der Waals surface area contributed by atoms with Crippen molar-refractivity contribution in [2.24, 2.45) is 4.99 Å². The van der Waals surface area contributed by atoms with Gasteiger partial charge in [0.15, 0.2) is 0 Å². The van der Waals surface area contributed by atoms with Crippen molar-refractivity contribution < 1.29 is 9.53 Å². The molecule has 214 valence electrons. The molecule has 4 aromatic rings. The molecule has 0 saturated carbocycles. The topological polar surface area (TPSA) is 75.6 Å². The molecule has 1 unspecified atom stereocenters. The zero-order valence-electron chi connectivity index (χ0n) is 23.7. The zero-order chi connectivity index (χ0) is 29.8. The molecule has 0 aliphatic carbocycles. The van der Waals surface area contributed by atoms with E-state index < -0.39 is 0 Å². The highest BCUT2D eigenvalue weighted by Crippen LogP contribution is 2.33. The van der Waals surface area contributed by atoms with Gasteiger partial charge >= 0.3 is 0 Å². The van der Waals surface area contributed by atoms with Gasteiger partial charge in [0, 0.05) is 39.3 Å². The van der Waals surface area contributed by atoms with Crippen LogP contribution in [0, 0.1) is 0 Å². The van der Waals surface area contributed by atoms with E-state index in [0.29, 0.717) is 22.5 Å². The lowest BCUT2D eigenvalue weighted by Gasteiger charge is -2.19. The van der Waals surface area contributed by atoms with E-state index in [2.05, 4.69) is 32.8 Å². The number of carbonyl (C=O) groups is 1. The maximum Gasteiger partial charge on any atom is 0.293 e. The zero-order valence-corrected chi connectivity index (χ0v) is 26.0. The van der Waals surface area contributed by atoms with Crippen LogP contribution >= 0.6 is 35.1 Å². The second kappa shape index (κ2) is 15.5. The molecule has 0 saturated heterocycles. The number of ether oxygens (including phenoxy) is 1. The standard InChI is InChI=1S/C27H24Cl2N4S.C5H10O2/c1-18(32-27(30-2)33-34-24-6-4-3-5-7-24)21-16-25(19-8-12-22(28)13-9-19)26(31-17-21)20-10-14-23(29)15-11-20;1-5(2,3)7-4-6/h3-18H,1-2H3,(H2,30,32,33);4H,1-3H3. The predicted molar refractivity (Wildman–Crippen MR) is 172 cm³/mol. The van der Waals surface area contributed by atoms with Gasteiger partial charge in [-0.1, -0.05) is 65.7 Å². The van der Waals surface area contributed by atoms with Crippen molar-refractivity contribution in [3.63, 3.8) is 0 Å². The molecule has 0 aliphatic heterocycles. The van der Waals surface area contributed by atoms with E-state index >= 15 is 0 Å². The third-order valence-corrected chi connectivity index (χ3v) is 6.98. The Labute approximate surface area is 256 Å². The van der Waals surface area contributed by atoms with E-state index in [1.807, 2.05) is 106 Å². The summed E-state index contributed by atoms with van der Waals surface area (Å²) >= 11 is 13.8. The van der Waals surface area contributed by atoms with Crippen LogP contribution in [0.2, 0.25) is 10.0 Å². The fourth-order valence-corrected chi connectivity index (χ4v) is 4.48. The van der Waals surface area contributed by atoms with Crippen molar-refractivity contribution >= 4 is 47.6 Å². The molecule has 0 spiro atoms. The molecule has 4 rings (SSSR count). The number of aromatic nitrogens is 1. The van der Waals surface area contributed by atoms with Gasteiger partial charge in [-0.2, -0.15) is 0 Å². The van der Waals surface area contributed by atoms with Gasteiger partial charge in [0.2, 0.25) is 5.96 Å². The quantitative estimate of drug-likeness (QED) is 0.0946. The summed E-state index contributed by atoms with van der Waals surface area (Å²) < 4.78 is 7.84. The average Bonchev–Trinajstić information content (AvgIpc) is 2.96. The molecule has 6 nitrogen and oxygen atoms in total. The van der Waals surface area contributed by atoms with Crippen LogP contribution in [0.3, 0.4) is 0 Å². The second-order valence-corrected chi connectivity index (χ2v) is 11.7. The molecule has 1 atom stereocenters. The van der Waals surface area contributed by atoms with Gasteiger partial charge in [-0.15, -0.1) is 0 Å². The molecule has 2 N–H and O–H groups in total. The number of rotatable bonds is 7. The molecule has 0 aliphatic rings. The minimum Gasteiger partial charge on any atom is -0.462 e. The van der Waals surface area contributed by atoms with Crippen LogP contribution in [0.15, 0.2) is 101 Å². The maximum absolute atomic E-state index is 9.60. The van der Waals surface area contributed by atoms with Crippen molar-refractivity contribution in [1.29, 1.82) is 0 Å². The summed E-state index contributed by atoms with van der Waals surface area (Å²) in [5.74, 6) is 0.691. The minimum atomic E-state index is -0.318. The summed E-state index contributed by atoms with van der Waals surface area (Å²) in [5.41, 5.74) is 4.66. The monoisotopic (exact) mass is 608 g/mol. The average molecular weight is 610 g/mol. The van der Waals surface area contributed by atoms with Gasteiger partial charge in [-0.25, -0.2) is 0 Å². The summed E-state index contributed by atoms with van der Waals surface area (Å²) in [6, 6.07) is 27.8. The Kier molecular flexibility index (Phi) is 12.1. The summed E-state index contributed by atoms with van der Waals surface area (Å²) in [6.45, 7) is 8.01. The van der Waals surface area contributed by atoms with Gasteiger partial charge in [-0.05, 0) is 93.2 Å². The van der Waals surface area contributed by atoms with Crippen molar-refractivity contribution in [2.45, 2.75) is 44.2 Å². The first kappa shape index (κ1) is 32.0. The Morgan fingerprint density at radius 3 is 2.05 bits per heavy atom. The van der Waals surface area contributed by atoms with Gasteiger partial charge in [0.25, 0.3) is 6.47 Å². The maximum atomic E-state index is 9.60. The number of benzene rings is 3. The SMILES string of the molecule is CC(C)(C)OC=O.CN=C(NSc1ccccc1)NC(C)c1cnc(-c2ccc(Cl)cc2)c(-c2ccc(Cl)cc2)c1. The van der Waals surface area contributed by atoms with Crippen molar-refractivity contribution in [1.82, 2.24) is 15.0 Å². The lowest BCUT2D eigenvalue weighted by Crippen LogP contribution is -2.35. The van der Waals surface area contributed by atoms with Crippen LogP contribution < -0.4 is 10.0 Å². The van der Waals surface area contributed by atoms with E-state index in [1.165, 1.54) is 11.9 Å². The fraction of sp³-hybridized carbons (Fsp3) is 0.219. The lowest BCUT2D eigenvalue weighted by atomic mass is 9.96. The van der Waals surface area contributed by atoms with Crippen LogP contribution in [0.4, 0.5) is 0 Å². The Hall–Kier alpha value is -3.52. The largest absolute Gasteiger partial charge is 0.462 e. The minimum absolute atomic E-state index is 0.0274. The molecule has 41 heavy (non-hydrogen) atoms. The van der Waals surface area contributed by atoms with E-state index in [9.17, 15) is 4.79 Å². The highest BCUT2D eigenvalue weighted by atomic mass is 35.5. The normalized spacial score (nSPS) is 12.0. The second-order valence-electron chi connectivity index (χ2n) is 9.96. The van der Waals surface area contributed by atoms with Gasteiger partial charge in [0.1, 0.15) is 5.60 Å². The van der Waals surface area contributed by atoms with E-state index in [0.717, 1.165) is 32.8 Å². The van der Waals surface area contributed by atoms with Gasteiger partial charge in [-0.3, -0.25) is 19.5 Å². The lowest BCUT2D eigenvalue weighted by molar-refractivity contribution is -0.138. The Balaban J connectivity index is 0.000000587. The Morgan fingerprint density at radius 2 is 1.54 bits per heavy atom. The highest BCUT2D eigenvalue weighted by molar-refractivity contribution is 7.98. The third-order valence-electron chi connectivity index (χ3n) is 5.67. The van der Waals surface area contributed by atoms with Crippen LogP contribution in [0.25, 0.3) is 22.4 Å². The number of hydrogen-bond donors (Lipinski definition) is 2. The Bertz CT molecular complexity index is 1430. The fourth-order valence-electron chi connectivity index (χ4n) is 3.57. The first-order chi connectivity index (χ1) is 19.6. The number of halogens is 2. The van der Waals surface area contributed by atoms with Crippen LogP contribution in [0.1, 0.15) is 39.3 Å². The van der Waals surface area contributed by atoms with Gasteiger partial charge < -0.3 is 10.1 Å². The third kappa shape index (κ3) is 10.4.